The normalized spacial score (nSPS) is 11.7. The number of amides is 1. The molecule has 2 rings (SSSR count). The van der Waals surface area contributed by atoms with E-state index in [1.807, 2.05) is 38.1 Å². The number of esters is 1. The molecule has 0 saturated carbocycles. The Labute approximate surface area is 171 Å². The molecule has 6 heteroatoms. The summed E-state index contributed by atoms with van der Waals surface area (Å²) in [6, 6.07) is 13.1. The van der Waals surface area contributed by atoms with E-state index in [0.29, 0.717) is 17.1 Å². The van der Waals surface area contributed by atoms with Crippen LogP contribution >= 0.6 is 0 Å². The van der Waals surface area contributed by atoms with Crippen molar-refractivity contribution in [3.05, 3.63) is 65.2 Å². The highest BCUT2D eigenvalue weighted by Crippen LogP contribution is 2.25. The maximum atomic E-state index is 12.2. The van der Waals surface area contributed by atoms with E-state index >= 15 is 0 Å². The Bertz CT molecular complexity index is 858. The molecule has 2 aromatic rings. The fourth-order valence-corrected chi connectivity index (χ4v) is 2.77. The largest absolute Gasteiger partial charge is 0.497 e. The van der Waals surface area contributed by atoms with E-state index in [1.54, 1.807) is 38.5 Å². The van der Waals surface area contributed by atoms with Gasteiger partial charge in [-0.25, -0.2) is 4.79 Å². The lowest BCUT2D eigenvalue weighted by Gasteiger charge is -2.17. The summed E-state index contributed by atoms with van der Waals surface area (Å²) in [6.45, 7) is 3.65. The Balaban J connectivity index is 1.90. The second kappa shape index (κ2) is 10.9. The Hall–Kier alpha value is -3.28. The summed E-state index contributed by atoms with van der Waals surface area (Å²) < 4.78 is 15.5. The zero-order chi connectivity index (χ0) is 21.2. The Kier molecular flexibility index (Phi) is 8.27. The average molecular weight is 397 g/mol. The first-order valence-corrected chi connectivity index (χ1v) is 9.39. The molecule has 1 atom stereocenters. The van der Waals surface area contributed by atoms with Gasteiger partial charge in [-0.2, -0.15) is 0 Å². The number of hydrogen-bond acceptors (Lipinski definition) is 5. The SMILES string of the molecule is CC[C@H](NC(=O)COC(=O)/C=C/c1cc(OC)ccc1OC)c1ccc(C)cc1. The Morgan fingerprint density at radius 1 is 1.07 bits per heavy atom. The number of carbonyl (C=O) groups is 2. The molecular weight excluding hydrogens is 370 g/mol. The Morgan fingerprint density at radius 3 is 2.41 bits per heavy atom. The highest BCUT2D eigenvalue weighted by molar-refractivity contribution is 5.89. The van der Waals surface area contributed by atoms with Crippen LogP contribution in [-0.2, 0) is 14.3 Å². The van der Waals surface area contributed by atoms with Gasteiger partial charge in [0.05, 0.1) is 20.3 Å². The van der Waals surface area contributed by atoms with Crippen molar-refractivity contribution in [3.8, 4) is 11.5 Å². The van der Waals surface area contributed by atoms with Crippen LogP contribution in [0.5, 0.6) is 11.5 Å². The molecule has 0 aliphatic rings. The minimum Gasteiger partial charge on any atom is -0.497 e. The van der Waals surface area contributed by atoms with Gasteiger partial charge in [0.25, 0.3) is 5.91 Å². The van der Waals surface area contributed by atoms with Crippen molar-refractivity contribution in [1.82, 2.24) is 5.32 Å². The van der Waals surface area contributed by atoms with Crippen molar-refractivity contribution < 1.29 is 23.8 Å². The third-order valence-corrected chi connectivity index (χ3v) is 4.40. The maximum absolute atomic E-state index is 12.2. The predicted molar refractivity (Wildman–Crippen MR) is 112 cm³/mol. The highest BCUT2D eigenvalue weighted by Gasteiger charge is 2.13. The monoisotopic (exact) mass is 397 g/mol. The van der Waals surface area contributed by atoms with E-state index in [9.17, 15) is 9.59 Å². The van der Waals surface area contributed by atoms with Crippen LogP contribution in [0, 0.1) is 6.92 Å². The number of nitrogens with one attached hydrogen (secondary N) is 1. The molecule has 0 saturated heterocycles. The molecule has 0 aliphatic carbocycles. The first-order chi connectivity index (χ1) is 14.0. The van der Waals surface area contributed by atoms with E-state index in [2.05, 4.69) is 5.32 Å². The molecule has 2 aromatic carbocycles. The van der Waals surface area contributed by atoms with Crippen molar-refractivity contribution in [2.75, 3.05) is 20.8 Å². The van der Waals surface area contributed by atoms with Crippen LogP contribution in [0.2, 0.25) is 0 Å². The van der Waals surface area contributed by atoms with Crippen LogP contribution in [0.25, 0.3) is 6.08 Å². The van der Waals surface area contributed by atoms with Gasteiger partial charge in [-0.1, -0.05) is 36.8 Å². The van der Waals surface area contributed by atoms with Gasteiger partial charge in [-0.3, -0.25) is 4.79 Å². The van der Waals surface area contributed by atoms with E-state index in [-0.39, 0.29) is 18.6 Å². The van der Waals surface area contributed by atoms with Crippen molar-refractivity contribution in [2.45, 2.75) is 26.3 Å². The number of carbonyl (C=O) groups excluding carboxylic acids is 2. The number of rotatable bonds is 9. The third-order valence-electron chi connectivity index (χ3n) is 4.40. The van der Waals surface area contributed by atoms with Gasteiger partial charge < -0.3 is 19.5 Å². The van der Waals surface area contributed by atoms with E-state index < -0.39 is 5.97 Å². The van der Waals surface area contributed by atoms with Gasteiger partial charge >= 0.3 is 5.97 Å². The van der Waals surface area contributed by atoms with Gasteiger partial charge in [0.2, 0.25) is 0 Å². The number of ether oxygens (including phenoxy) is 3. The molecule has 6 nitrogen and oxygen atoms in total. The molecular formula is C23H27NO5. The standard InChI is InChI=1S/C23H27NO5/c1-5-20(17-8-6-16(2)7-9-17)24-22(25)15-29-23(26)13-10-18-14-19(27-3)11-12-21(18)28-4/h6-14,20H,5,15H2,1-4H3,(H,24,25)/b13-10+/t20-/m0/s1. The molecule has 0 bridgehead atoms. The lowest BCUT2D eigenvalue weighted by Crippen LogP contribution is -2.32. The molecule has 0 heterocycles. The minimum atomic E-state index is -0.617. The summed E-state index contributed by atoms with van der Waals surface area (Å²) >= 11 is 0. The van der Waals surface area contributed by atoms with E-state index in [0.717, 1.165) is 17.5 Å². The second-order valence-electron chi connectivity index (χ2n) is 6.49. The number of hydrogen-bond donors (Lipinski definition) is 1. The van der Waals surface area contributed by atoms with Gasteiger partial charge in [0.1, 0.15) is 11.5 Å². The molecule has 0 radical (unpaired) electrons. The molecule has 0 unspecified atom stereocenters. The van der Waals surface area contributed by atoms with Crippen LogP contribution in [0.15, 0.2) is 48.5 Å². The molecule has 154 valence electrons. The van der Waals surface area contributed by atoms with Crippen LogP contribution in [0.4, 0.5) is 0 Å². The zero-order valence-electron chi connectivity index (χ0n) is 17.2. The van der Waals surface area contributed by atoms with Crippen LogP contribution < -0.4 is 14.8 Å². The number of aryl methyl sites for hydroxylation is 1. The van der Waals surface area contributed by atoms with Crippen molar-refractivity contribution >= 4 is 18.0 Å². The molecule has 0 fully saturated rings. The zero-order valence-corrected chi connectivity index (χ0v) is 17.2. The molecule has 1 amide bonds. The molecule has 29 heavy (non-hydrogen) atoms. The predicted octanol–water partition coefficient (Wildman–Crippen LogP) is 3.84. The summed E-state index contributed by atoms with van der Waals surface area (Å²) in [5.41, 5.74) is 2.84. The third kappa shape index (κ3) is 6.68. The fourth-order valence-electron chi connectivity index (χ4n) is 2.77. The quantitative estimate of drug-likeness (QED) is 0.514. The Morgan fingerprint density at radius 2 is 1.79 bits per heavy atom. The summed E-state index contributed by atoms with van der Waals surface area (Å²) in [7, 11) is 3.10. The van der Waals surface area contributed by atoms with Crippen LogP contribution in [0.3, 0.4) is 0 Å². The highest BCUT2D eigenvalue weighted by atomic mass is 16.5. The van der Waals surface area contributed by atoms with E-state index in [4.69, 9.17) is 14.2 Å². The first-order valence-electron chi connectivity index (χ1n) is 9.39. The van der Waals surface area contributed by atoms with Gasteiger partial charge in [-0.05, 0) is 43.2 Å². The fraction of sp³-hybridized carbons (Fsp3) is 0.304. The average Bonchev–Trinajstić information content (AvgIpc) is 2.74. The van der Waals surface area contributed by atoms with Crippen LogP contribution in [0.1, 0.15) is 36.1 Å². The van der Waals surface area contributed by atoms with Crippen LogP contribution in [-0.4, -0.2) is 32.7 Å². The minimum absolute atomic E-state index is 0.126. The topological polar surface area (TPSA) is 73.9 Å². The lowest BCUT2D eigenvalue weighted by atomic mass is 10.0. The smallest absolute Gasteiger partial charge is 0.331 e. The molecule has 1 N–H and O–H groups in total. The summed E-state index contributed by atoms with van der Waals surface area (Å²) in [6.07, 6.45) is 3.54. The second-order valence-corrected chi connectivity index (χ2v) is 6.49. The van der Waals surface area contributed by atoms with Gasteiger partial charge in [0, 0.05) is 11.6 Å². The first kappa shape index (κ1) is 22.0. The van der Waals surface area contributed by atoms with Gasteiger partial charge in [0.15, 0.2) is 6.61 Å². The molecule has 0 aliphatic heterocycles. The number of methoxy groups -OCH3 is 2. The molecule has 0 aromatic heterocycles. The van der Waals surface area contributed by atoms with Crippen molar-refractivity contribution in [1.29, 1.82) is 0 Å². The molecule has 0 spiro atoms. The summed E-state index contributed by atoms with van der Waals surface area (Å²) in [5.74, 6) is 0.267. The number of benzene rings is 2. The van der Waals surface area contributed by atoms with E-state index in [1.165, 1.54) is 6.08 Å². The van der Waals surface area contributed by atoms with Crippen molar-refractivity contribution in [3.63, 3.8) is 0 Å². The summed E-state index contributed by atoms with van der Waals surface area (Å²) in [5, 5.41) is 2.89. The maximum Gasteiger partial charge on any atom is 0.331 e. The lowest BCUT2D eigenvalue weighted by molar-refractivity contribution is -0.144. The summed E-state index contributed by atoms with van der Waals surface area (Å²) in [4.78, 5) is 24.1. The van der Waals surface area contributed by atoms with Gasteiger partial charge in [-0.15, -0.1) is 0 Å². The van der Waals surface area contributed by atoms with Crippen molar-refractivity contribution in [2.24, 2.45) is 0 Å².